The molecule has 1 amide bonds. The SMILES string of the molecule is C=CC(=O)N1[C@@H]2CC[C@H]1CNC2. The average molecular weight is 166 g/mol. The maximum absolute atomic E-state index is 11.4. The summed E-state index contributed by atoms with van der Waals surface area (Å²) >= 11 is 0. The van der Waals surface area contributed by atoms with Crippen LogP contribution in [0.25, 0.3) is 0 Å². The van der Waals surface area contributed by atoms with Gasteiger partial charge in [0.1, 0.15) is 0 Å². The number of carbonyl (C=O) groups excluding carboxylic acids is 1. The van der Waals surface area contributed by atoms with Gasteiger partial charge in [0.2, 0.25) is 5.91 Å². The molecule has 0 radical (unpaired) electrons. The number of piperazine rings is 1. The minimum atomic E-state index is 0.101. The second-order valence-electron chi connectivity index (χ2n) is 3.49. The van der Waals surface area contributed by atoms with Gasteiger partial charge in [0.25, 0.3) is 0 Å². The third-order valence-corrected chi connectivity index (χ3v) is 2.81. The third-order valence-electron chi connectivity index (χ3n) is 2.81. The van der Waals surface area contributed by atoms with E-state index in [4.69, 9.17) is 0 Å². The fraction of sp³-hybridized carbons (Fsp3) is 0.667. The Morgan fingerprint density at radius 2 is 2.00 bits per heavy atom. The molecule has 0 saturated carbocycles. The highest BCUT2D eigenvalue weighted by Crippen LogP contribution is 2.26. The van der Waals surface area contributed by atoms with E-state index in [-0.39, 0.29) is 5.91 Å². The molecular weight excluding hydrogens is 152 g/mol. The lowest BCUT2D eigenvalue weighted by atomic mass is 10.2. The number of hydrogen-bond acceptors (Lipinski definition) is 2. The molecule has 3 heteroatoms. The summed E-state index contributed by atoms with van der Waals surface area (Å²) in [5.41, 5.74) is 0. The predicted octanol–water partition coefficient (Wildman–Crippen LogP) is 0.135. The molecule has 2 aliphatic rings. The Bertz CT molecular complexity index is 199. The summed E-state index contributed by atoms with van der Waals surface area (Å²) < 4.78 is 0. The van der Waals surface area contributed by atoms with Crippen LogP contribution in [0.15, 0.2) is 12.7 Å². The third kappa shape index (κ3) is 1.05. The van der Waals surface area contributed by atoms with Crippen LogP contribution in [0.3, 0.4) is 0 Å². The highest BCUT2D eigenvalue weighted by molar-refractivity contribution is 5.87. The molecule has 2 atom stereocenters. The van der Waals surface area contributed by atoms with Crippen molar-refractivity contribution in [2.24, 2.45) is 0 Å². The van der Waals surface area contributed by atoms with Crippen molar-refractivity contribution < 1.29 is 4.79 Å². The Morgan fingerprint density at radius 3 is 2.50 bits per heavy atom. The van der Waals surface area contributed by atoms with Crippen molar-refractivity contribution in [2.75, 3.05) is 13.1 Å². The first kappa shape index (κ1) is 7.80. The van der Waals surface area contributed by atoms with Crippen molar-refractivity contribution in [3.8, 4) is 0 Å². The fourth-order valence-corrected chi connectivity index (χ4v) is 2.24. The van der Waals surface area contributed by atoms with Crippen molar-refractivity contribution in [3.63, 3.8) is 0 Å². The minimum Gasteiger partial charge on any atom is -0.331 e. The van der Waals surface area contributed by atoms with Crippen LogP contribution in [-0.4, -0.2) is 36.0 Å². The van der Waals surface area contributed by atoms with Crippen molar-refractivity contribution in [3.05, 3.63) is 12.7 Å². The second kappa shape index (κ2) is 2.90. The van der Waals surface area contributed by atoms with E-state index in [1.807, 2.05) is 4.90 Å². The molecule has 3 nitrogen and oxygen atoms in total. The number of nitrogens with zero attached hydrogens (tertiary/aromatic N) is 1. The van der Waals surface area contributed by atoms with Gasteiger partial charge in [-0.2, -0.15) is 0 Å². The van der Waals surface area contributed by atoms with Crippen LogP contribution in [0.4, 0.5) is 0 Å². The Balaban J connectivity index is 2.15. The van der Waals surface area contributed by atoms with Crippen LogP contribution >= 0.6 is 0 Å². The molecule has 2 fully saturated rings. The summed E-state index contributed by atoms with van der Waals surface area (Å²) in [4.78, 5) is 13.4. The lowest BCUT2D eigenvalue weighted by Gasteiger charge is -2.34. The molecule has 0 aromatic rings. The first-order chi connectivity index (χ1) is 5.83. The van der Waals surface area contributed by atoms with Gasteiger partial charge in [-0.15, -0.1) is 0 Å². The Morgan fingerprint density at radius 1 is 1.42 bits per heavy atom. The number of amides is 1. The zero-order valence-corrected chi connectivity index (χ0v) is 7.12. The molecule has 0 aromatic heterocycles. The van der Waals surface area contributed by atoms with E-state index >= 15 is 0 Å². The zero-order valence-electron chi connectivity index (χ0n) is 7.12. The predicted molar refractivity (Wildman–Crippen MR) is 46.7 cm³/mol. The van der Waals surface area contributed by atoms with E-state index in [2.05, 4.69) is 11.9 Å². The molecular formula is C9H14N2O. The summed E-state index contributed by atoms with van der Waals surface area (Å²) in [7, 11) is 0. The molecule has 0 aromatic carbocycles. The van der Waals surface area contributed by atoms with Crippen LogP contribution in [0.2, 0.25) is 0 Å². The molecule has 66 valence electrons. The quantitative estimate of drug-likeness (QED) is 0.562. The number of nitrogens with one attached hydrogen (secondary N) is 1. The van der Waals surface area contributed by atoms with Crippen molar-refractivity contribution in [1.82, 2.24) is 10.2 Å². The molecule has 0 unspecified atom stereocenters. The summed E-state index contributed by atoms with van der Waals surface area (Å²) in [6.07, 6.45) is 3.73. The van der Waals surface area contributed by atoms with Gasteiger partial charge in [-0.05, 0) is 18.9 Å². The first-order valence-electron chi connectivity index (χ1n) is 4.48. The van der Waals surface area contributed by atoms with E-state index in [1.165, 1.54) is 6.08 Å². The molecule has 2 saturated heterocycles. The standard InChI is InChI=1S/C9H14N2O/c1-2-9(12)11-7-3-4-8(11)6-10-5-7/h2,7-8,10H,1,3-6H2/t7-,8+. The summed E-state index contributed by atoms with van der Waals surface area (Å²) in [6, 6.07) is 0.850. The molecule has 2 bridgehead atoms. The Kier molecular flexibility index (Phi) is 1.89. The zero-order chi connectivity index (χ0) is 8.55. The second-order valence-corrected chi connectivity index (χ2v) is 3.49. The number of hydrogen-bond donors (Lipinski definition) is 1. The largest absolute Gasteiger partial charge is 0.331 e. The highest BCUT2D eigenvalue weighted by atomic mass is 16.2. The molecule has 1 N–H and O–H groups in total. The van der Waals surface area contributed by atoms with Crippen LogP contribution in [0.1, 0.15) is 12.8 Å². The fourth-order valence-electron chi connectivity index (χ4n) is 2.24. The van der Waals surface area contributed by atoms with Gasteiger partial charge in [0.05, 0.1) is 0 Å². The molecule has 2 heterocycles. The molecule has 2 aliphatic heterocycles. The first-order valence-corrected chi connectivity index (χ1v) is 4.48. The maximum atomic E-state index is 11.4. The monoisotopic (exact) mass is 166 g/mol. The molecule has 0 aliphatic carbocycles. The molecule has 0 spiro atoms. The van der Waals surface area contributed by atoms with Crippen molar-refractivity contribution in [2.45, 2.75) is 24.9 Å². The minimum absolute atomic E-state index is 0.101. The average Bonchev–Trinajstić information content (AvgIpc) is 2.35. The van der Waals surface area contributed by atoms with E-state index in [1.54, 1.807) is 0 Å². The van der Waals surface area contributed by atoms with Gasteiger partial charge < -0.3 is 10.2 Å². The van der Waals surface area contributed by atoms with Crippen LogP contribution < -0.4 is 5.32 Å². The Labute approximate surface area is 72.4 Å². The van der Waals surface area contributed by atoms with Crippen LogP contribution in [0, 0.1) is 0 Å². The van der Waals surface area contributed by atoms with E-state index in [0.29, 0.717) is 12.1 Å². The normalized spacial score (nSPS) is 33.5. The van der Waals surface area contributed by atoms with Crippen LogP contribution in [-0.2, 0) is 4.79 Å². The van der Waals surface area contributed by atoms with Gasteiger partial charge in [-0.25, -0.2) is 0 Å². The van der Waals surface area contributed by atoms with Gasteiger partial charge >= 0.3 is 0 Å². The summed E-state index contributed by atoms with van der Waals surface area (Å²) in [5, 5.41) is 3.33. The number of carbonyl (C=O) groups is 1. The highest BCUT2D eigenvalue weighted by Gasteiger charge is 2.38. The Hall–Kier alpha value is -0.830. The van der Waals surface area contributed by atoms with Crippen molar-refractivity contribution >= 4 is 5.91 Å². The van der Waals surface area contributed by atoms with E-state index in [9.17, 15) is 4.79 Å². The summed E-state index contributed by atoms with van der Waals surface area (Å²) in [5.74, 6) is 0.101. The smallest absolute Gasteiger partial charge is 0.246 e. The number of rotatable bonds is 1. The van der Waals surface area contributed by atoms with E-state index in [0.717, 1.165) is 25.9 Å². The maximum Gasteiger partial charge on any atom is 0.246 e. The topological polar surface area (TPSA) is 32.3 Å². The van der Waals surface area contributed by atoms with Gasteiger partial charge in [-0.1, -0.05) is 6.58 Å². The molecule has 12 heavy (non-hydrogen) atoms. The summed E-state index contributed by atoms with van der Waals surface area (Å²) in [6.45, 7) is 5.43. The lowest BCUT2D eigenvalue weighted by Crippen LogP contribution is -2.53. The van der Waals surface area contributed by atoms with Crippen LogP contribution in [0.5, 0.6) is 0 Å². The van der Waals surface area contributed by atoms with E-state index < -0.39 is 0 Å². The van der Waals surface area contributed by atoms with Gasteiger partial charge in [0.15, 0.2) is 0 Å². The van der Waals surface area contributed by atoms with Gasteiger partial charge in [-0.3, -0.25) is 4.79 Å². The number of fused-ring (bicyclic) bond motifs is 2. The van der Waals surface area contributed by atoms with Gasteiger partial charge in [0, 0.05) is 25.2 Å². The van der Waals surface area contributed by atoms with Crippen molar-refractivity contribution in [1.29, 1.82) is 0 Å². The molecule has 2 rings (SSSR count). The lowest BCUT2D eigenvalue weighted by molar-refractivity contribution is -0.129.